The molecule has 0 unspecified atom stereocenters. The molecule has 0 saturated heterocycles. The standard InChI is InChI=1S/C16H17ClN2O4S/c1-23-11-10-18-24(21,22)13-8-6-12(7-9-13)16(20)19-15-5-3-2-4-14(15)17/h2-9,18H,10-11H2,1H3,(H,19,20). The minimum absolute atomic E-state index is 0.0768. The van der Waals surface area contributed by atoms with Crippen molar-refractivity contribution in [3.63, 3.8) is 0 Å². The molecule has 1 amide bonds. The number of para-hydroxylation sites is 1. The van der Waals surface area contributed by atoms with Crippen molar-refractivity contribution in [1.29, 1.82) is 0 Å². The molecule has 0 aliphatic heterocycles. The molecule has 0 aromatic heterocycles. The molecule has 2 aromatic carbocycles. The molecule has 0 saturated carbocycles. The first kappa shape index (κ1) is 18.4. The summed E-state index contributed by atoms with van der Waals surface area (Å²) >= 11 is 5.99. The molecule has 2 N–H and O–H groups in total. The predicted octanol–water partition coefficient (Wildman–Crippen LogP) is 2.52. The molecule has 0 bridgehead atoms. The smallest absolute Gasteiger partial charge is 0.255 e. The summed E-state index contributed by atoms with van der Waals surface area (Å²) in [5.41, 5.74) is 0.813. The Bertz CT molecular complexity index is 807. The van der Waals surface area contributed by atoms with Gasteiger partial charge in [-0.15, -0.1) is 0 Å². The van der Waals surface area contributed by atoms with Crippen LogP contribution in [0.1, 0.15) is 10.4 Å². The maximum atomic E-state index is 12.2. The van der Waals surface area contributed by atoms with Crippen molar-refractivity contribution in [1.82, 2.24) is 4.72 Å². The lowest BCUT2D eigenvalue weighted by Gasteiger charge is -2.09. The van der Waals surface area contributed by atoms with Crippen LogP contribution in [0.15, 0.2) is 53.4 Å². The number of carbonyl (C=O) groups excluding carboxylic acids is 1. The summed E-state index contributed by atoms with van der Waals surface area (Å²) in [6, 6.07) is 12.5. The van der Waals surface area contributed by atoms with Gasteiger partial charge in [-0.25, -0.2) is 13.1 Å². The van der Waals surface area contributed by atoms with Crippen LogP contribution in [0.5, 0.6) is 0 Å². The van der Waals surface area contributed by atoms with Crippen molar-refractivity contribution < 1.29 is 17.9 Å². The summed E-state index contributed by atoms with van der Waals surface area (Å²) in [4.78, 5) is 12.3. The van der Waals surface area contributed by atoms with Crippen LogP contribution in [0.4, 0.5) is 5.69 Å². The Morgan fingerprint density at radius 3 is 2.42 bits per heavy atom. The minimum atomic E-state index is -3.62. The number of benzene rings is 2. The van der Waals surface area contributed by atoms with Crippen molar-refractivity contribution in [2.24, 2.45) is 0 Å². The van der Waals surface area contributed by atoms with Gasteiger partial charge in [0.15, 0.2) is 0 Å². The molecule has 0 radical (unpaired) electrons. The first-order valence-electron chi connectivity index (χ1n) is 7.08. The third kappa shape index (κ3) is 4.78. The van der Waals surface area contributed by atoms with E-state index in [2.05, 4.69) is 10.0 Å². The molecule has 2 rings (SSSR count). The molecule has 128 valence electrons. The average Bonchev–Trinajstić information content (AvgIpc) is 2.57. The van der Waals surface area contributed by atoms with Gasteiger partial charge >= 0.3 is 0 Å². The fraction of sp³-hybridized carbons (Fsp3) is 0.188. The number of hydrogen-bond donors (Lipinski definition) is 2. The molecular formula is C16H17ClN2O4S. The van der Waals surface area contributed by atoms with E-state index in [-0.39, 0.29) is 24.0 Å². The second kappa shape index (κ2) is 8.25. The Kier molecular flexibility index (Phi) is 6.33. The number of methoxy groups -OCH3 is 1. The number of hydrogen-bond acceptors (Lipinski definition) is 4. The fourth-order valence-electron chi connectivity index (χ4n) is 1.90. The first-order chi connectivity index (χ1) is 11.4. The van der Waals surface area contributed by atoms with Crippen LogP contribution in [0.2, 0.25) is 5.02 Å². The number of carbonyl (C=O) groups is 1. The molecular weight excluding hydrogens is 352 g/mol. The number of halogens is 1. The Balaban J connectivity index is 2.09. The van der Waals surface area contributed by atoms with Gasteiger partial charge in [0.2, 0.25) is 10.0 Å². The SMILES string of the molecule is COCCNS(=O)(=O)c1ccc(C(=O)Nc2ccccc2Cl)cc1. The third-order valence-corrected chi connectivity index (χ3v) is 4.95. The molecule has 8 heteroatoms. The van der Waals surface area contributed by atoms with E-state index in [9.17, 15) is 13.2 Å². The number of nitrogens with one attached hydrogen (secondary N) is 2. The molecule has 0 spiro atoms. The minimum Gasteiger partial charge on any atom is -0.383 e. The normalized spacial score (nSPS) is 11.2. The van der Waals surface area contributed by atoms with Gasteiger partial charge in [0.1, 0.15) is 0 Å². The van der Waals surface area contributed by atoms with Crippen molar-refractivity contribution >= 4 is 33.2 Å². The van der Waals surface area contributed by atoms with Crippen LogP contribution in [-0.4, -0.2) is 34.6 Å². The Morgan fingerprint density at radius 2 is 1.79 bits per heavy atom. The van der Waals surface area contributed by atoms with E-state index in [1.165, 1.54) is 31.4 Å². The highest BCUT2D eigenvalue weighted by molar-refractivity contribution is 7.89. The van der Waals surface area contributed by atoms with Crippen molar-refractivity contribution in [3.8, 4) is 0 Å². The number of rotatable bonds is 7. The summed E-state index contributed by atoms with van der Waals surface area (Å²) in [6.45, 7) is 0.450. The number of anilines is 1. The summed E-state index contributed by atoms with van der Waals surface area (Å²) in [5, 5.41) is 3.10. The molecule has 24 heavy (non-hydrogen) atoms. The second-order valence-corrected chi connectivity index (χ2v) is 7.02. The van der Waals surface area contributed by atoms with E-state index in [4.69, 9.17) is 16.3 Å². The van der Waals surface area contributed by atoms with Gasteiger partial charge in [-0.2, -0.15) is 0 Å². The summed E-state index contributed by atoms with van der Waals surface area (Å²) in [7, 11) is -2.14. The maximum Gasteiger partial charge on any atom is 0.255 e. The van der Waals surface area contributed by atoms with Crippen LogP contribution in [0, 0.1) is 0 Å². The zero-order chi connectivity index (χ0) is 17.6. The highest BCUT2D eigenvalue weighted by Gasteiger charge is 2.14. The van der Waals surface area contributed by atoms with Gasteiger partial charge < -0.3 is 10.1 Å². The van der Waals surface area contributed by atoms with E-state index < -0.39 is 10.0 Å². The summed E-state index contributed by atoms with van der Waals surface area (Å²) in [5.74, 6) is -0.376. The second-order valence-electron chi connectivity index (χ2n) is 4.85. The topological polar surface area (TPSA) is 84.5 Å². The van der Waals surface area contributed by atoms with E-state index in [0.717, 1.165) is 0 Å². The Morgan fingerprint density at radius 1 is 1.12 bits per heavy atom. The number of sulfonamides is 1. The van der Waals surface area contributed by atoms with Crippen LogP contribution in [-0.2, 0) is 14.8 Å². The summed E-state index contributed by atoms with van der Waals surface area (Å²) < 4.78 is 31.3. The van der Waals surface area contributed by atoms with Crippen molar-refractivity contribution in [2.45, 2.75) is 4.90 Å². The van der Waals surface area contributed by atoms with Crippen LogP contribution in [0.25, 0.3) is 0 Å². The molecule has 0 atom stereocenters. The maximum absolute atomic E-state index is 12.2. The van der Waals surface area contributed by atoms with E-state index in [1.54, 1.807) is 24.3 Å². The number of amides is 1. The zero-order valence-electron chi connectivity index (χ0n) is 13.0. The highest BCUT2D eigenvalue weighted by atomic mass is 35.5. The lowest BCUT2D eigenvalue weighted by atomic mass is 10.2. The molecule has 0 aliphatic carbocycles. The van der Waals surface area contributed by atoms with Gasteiger partial charge in [0.05, 0.1) is 22.2 Å². The Hall–Kier alpha value is -1.93. The molecule has 0 heterocycles. The van der Waals surface area contributed by atoms with Gasteiger partial charge in [-0.3, -0.25) is 4.79 Å². The molecule has 6 nitrogen and oxygen atoms in total. The highest BCUT2D eigenvalue weighted by Crippen LogP contribution is 2.21. The van der Waals surface area contributed by atoms with Gasteiger partial charge in [0, 0.05) is 19.2 Å². The summed E-state index contributed by atoms with van der Waals surface area (Å²) in [6.07, 6.45) is 0. The quantitative estimate of drug-likeness (QED) is 0.735. The predicted molar refractivity (Wildman–Crippen MR) is 92.9 cm³/mol. The average molecular weight is 369 g/mol. The third-order valence-electron chi connectivity index (χ3n) is 3.15. The van der Waals surface area contributed by atoms with Crippen LogP contribution >= 0.6 is 11.6 Å². The van der Waals surface area contributed by atoms with E-state index in [1.807, 2.05) is 0 Å². The fourth-order valence-corrected chi connectivity index (χ4v) is 3.10. The van der Waals surface area contributed by atoms with Crippen LogP contribution < -0.4 is 10.0 Å². The van der Waals surface area contributed by atoms with Gasteiger partial charge in [-0.05, 0) is 36.4 Å². The van der Waals surface area contributed by atoms with E-state index in [0.29, 0.717) is 16.3 Å². The number of ether oxygens (including phenoxy) is 1. The molecule has 0 fully saturated rings. The monoisotopic (exact) mass is 368 g/mol. The van der Waals surface area contributed by atoms with E-state index >= 15 is 0 Å². The lowest BCUT2D eigenvalue weighted by Crippen LogP contribution is -2.27. The van der Waals surface area contributed by atoms with Crippen molar-refractivity contribution in [2.75, 3.05) is 25.6 Å². The molecule has 0 aliphatic rings. The molecule has 2 aromatic rings. The van der Waals surface area contributed by atoms with Gasteiger partial charge in [0.25, 0.3) is 5.91 Å². The Labute approximate surface area is 145 Å². The first-order valence-corrected chi connectivity index (χ1v) is 8.95. The van der Waals surface area contributed by atoms with Crippen LogP contribution in [0.3, 0.4) is 0 Å². The van der Waals surface area contributed by atoms with Gasteiger partial charge in [-0.1, -0.05) is 23.7 Å². The van der Waals surface area contributed by atoms with Crippen molar-refractivity contribution in [3.05, 3.63) is 59.1 Å². The lowest BCUT2D eigenvalue weighted by molar-refractivity contribution is 0.102. The largest absolute Gasteiger partial charge is 0.383 e. The zero-order valence-corrected chi connectivity index (χ0v) is 14.5.